The van der Waals surface area contributed by atoms with Gasteiger partial charge in [-0.25, -0.2) is 0 Å². The number of para-hydroxylation sites is 1. The van der Waals surface area contributed by atoms with Crippen LogP contribution in [0.2, 0.25) is 0 Å². The Morgan fingerprint density at radius 1 is 0.714 bits per heavy atom. The lowest BCUT2D eigenvalue weighted by Gasteiger charge is -2.11. The van der Waals surface area contributed by atoms with E-state index >= 15 is 0 Å². The molecule has 0 amide bonds. The van der Waals surface area contributed by atoms with Gasteiger partial charge in [0.1, 0.15) is 5.75 Å². The molecule has 0 fully saturated rings. The van der Waals surface area contributed by atoms with E-state index in [0.29, 0.717) is 0 Å². The van der Waals surface area contributed by atoms with Gasteiger partial charge in [0.05, 0.1) is 6.61 Å². The molecule has 1 aromatic carbocycles. The Hall–Kier alpha value is -0.980. The van der Waals surface area contributed by atoms with Gasteiger partial charge in [0.2, 0.25) is 0 Å². The van der Waals surface area contributed by atoms with Crippen LogP contribution in [0.25, 0.3) is 0 Å². The normalized spacial score (nSPS) is 10.8. The molecule has 0 spiro atoms. The SMILES string of the molecule is CCCCCCCCCCOc1ccccc1CCCC. The van der Waals surface area contributed by atoms with Crippen molar-refractivity contribution >= 4 is 0 Å². The summed E-state index contributed by atoms with van der Waals surface area (Å²) in [5.74, 6) is 1.11. The van der Waals surface area contributed by atoms with Crippen LogP contribution in [0.3, 0.4) is 0 Å². The van der Waals surface area contributed by atoms with E-state index in [9.17, 15) is 0 Å². The monoisotopic (exact) mass is 290 g/mol. The fourth-order valence-electron chi connectivity index (χ4n) is 2.64. The zero-order chi connectivity index (χ0) is 15.2. The van der Waals surface area contributed by atoms with Gasteiger partial charge in [-0.15, -0.1) is 0 Å². The predicted octanol–water partition coefficient (Wildman–Crippen LogP) is 6.55. The van der Waals surface area contributed by atoms with Gasteiger partial charge < -0.3 is 4.74 Å². The number of rotatable bonds is 13. The smallest absolute Gasteiger partial charge is 0.122 e. The average Bonchev–Trinajstić information content (AvgIpc) is 2.52. The van der Waals surface area contributed by atoms with Crippen LogP contribution >= 0.6 is 0 Å². The predicted molar refractivity (Wildman–Crippen MR) is 93.2 cm³/mol. The number of ether oxygens (including phenoxy) is 1. The average molecular weight is 290 g/mol. The Bertz CT molecular complexity index is 345. The molecular formula is C20H34O. The van der Waals surface area contributed by atoms with Gasteiger partial charge in [0.15, 0.2) is 0 Å². The summed E-state index contributed by atoms with van der Waals surface area (Å²) in [4.78, 5) is 0. The summed E-state index contributed by atoms with van der Waals surface area (Å²) in [5, 5.41) is 0. The van der Waals surface area contributed by atoms with E-state index in [4.69, 9.17) is 4.74 Å². The van der Waals surface area contributed by atoms with Crippen LogP contribution in [0, 0.1) is 0 Å². The molecule has 0 aliphatic heterocycles. The first-order valence-electron chi connectivity index (χ1n) is 9.09. The first-order valence-corrected chi connectivity index (χ1v) is 9.09. The van der Waals surface area contributed by atoms with E-state index in [1.807, 2.05) is 0 Å². The summed E-state index contributed by atoms with van der Waals surface area (Å²) in [6.45, 7) is 5.39. The second-order valence-corrected chi connectivity index (χ2v) is 6.03. The maximum atomic E-state index is 5.98. The topological polar surface area (TPSA) is 9.23 Å². The molecule has 0 heterocycles. The fraction of sp³-hybridized carbons (Fsp3) is 0.700. The minimum Gasteiger partial charge on any atom is -0.493 e. The van der Waals surface area contributed by atoms with Gasteiger partial charge in [0, 0.05) is 0 Å². The number of aryl methyl sites for hydroxylation is 1. The molecule has 0 aliphatic carbocycles. The molecule has 21 heavy (non-hydrogen) atoms. The van der Waals surface area contributed by atoms with Gasteiger partial charge in [0.25, 0.3) is 0 Å². The van der Waals surface area contributed by atoms with Crippen molar-refractivity contribution in [2.45, 2.75) is 84.5 Å². The summed E-state index contributed by atoms with van der Waals surface area (Å²) in [7, 11) is 0. The van der Waals surface area contributed by atoms with Crippen LogP contribution in [0.4, 0.5) is 0 Å². The molecule has 0 atom stereocenters. The third-order valence-electron chi connectivity index (χ3n) is 4.03. The van der Waals surface area contributed by atoms with Gasteiger partial charge in [-0.3, -0.25) is 0 Å². The van der Waals surface area contributed by atoms with Crippen LogP contribution < -0.4 is 4.74 Å². The number of hydrogen-bond donors (Lipinski definition) is 0. The van der Waals surface area contributed by atoms with E-state index in [2.05, 4.69) is 38.1 Å². The summed E-state index contributed by atoms with van der Waals surface area (Å²) in [6, 6.07) is 8.53. The summed E-state index contributed by atoms with van der Waals surface area (Å²) in [5.41, 5.74) is 1.37. The van der Waals surface area contributed by atoms with Gasteiger partial charge >= 0.3 is 0 Å². The molecule has 0 saturated carbocycles. The van der Waals surface area contributed by atoms with Crippen molar-refractivity contribution in [3.8, 4) is 5.75 Å². The Morgan fingerprint density at radius 2 is 1.33 bits per heavy atom. The van der Waals surface area contributed by atoms with Crippen molar-refractivity contribution in [1.29, 1.82) is 0 Å². The first kappa shape index (κ1) is 18.1. The third kappa shape index (κ3) is 8.80. The van der Waals surface area contributed by atoms with E-state index in [-0.39, 0.29) is 0 Å². The second-order valence-electron chi connectivity index (χ2n) is 6.03. The molecule has 1 nitrogen and oxygen atoms in total. The van der Waals surface area contributed by atoms with Crippen LogP contribution in [0.15, 0.2) is 24.3 Å². The van der Waals surface area contributed by atoms with E-state index < -0.39 is 0 Å². The minimum absolute atomic E-state index is 0.873. The van der Waals surface area contributed by atoms with E-state index in [0.717, 1.165) is 18.8 Å². The van der Waals surface area contributed by atoms with Crippen molar-refractivity contribution in [3.05, 3.63) is 29.8 Å². The zero-order valence-corrected chi connectivity index (χ0v) is 14.2. The Labute approximate surface area is 132 Å². The number of benzene rings is 1. The molecule has 0 bridgehead atoms. The van der Waals surface area contributed by atoms with Gasteiger partial charge in [-0.1, -0.05) is 83.4 Å². The summed E-state index contributed by atoms with van der Waals surface area (Å²) >= 11 is 0. The molecule has 0 aromatic heterocycles. The molecule has 0 aliphatic rings. The lowest BCUT2D eigenvalue weighted by Crippen LogP contribution is -2.00. The molecule has 0 N–H and O–H groups in total. The lowest BCUT2D eigenvalue weighted by atomic mass is 10.1. The lowest BCUT2D eigenvalue weighted by molar-refractivity contribution is 0.301. The van der Waals surface area contributed by atoms with Crippen molar-refractivity contribution in [2.75, 3.05) is 6.61 Å². The molecule has 120 valence electrons. The summed E-state index contributed by atoms with van der Waals surface area (Å²) < 4.78 is 5.98. The maximum absolute atomic E-state index is 5.98. The fourth-order valence-corrected chi connectivity index (χ4v) is 2.64. The molecule has 0 radical (unpaired) electrons. The van der Waals surface area contributed by atoms with Gasteiger partial charge in [-0.05, 0) is 30.9 Å². The quantitative estimate of drug-likeness (QED) is 0.374. The van der Waals surface area contributed by atoms with E-state index in [1.54, 1.807) is 0 Å². The third-order valence-corrected chi connectivity index (χ3v) is 4.03. The van der Waals surface area contributed by atoms with Crippen LogP contribution in [-0.4, -0.2) is 6.61 Å². The van der Waals surface area contributed by atoms with Gasteiger partial charge in [-0.2, -0.15) is 0 Å². The highest BCUT2D eigenvalue weighted by Crippen LogP contribution is 2.20. The highest BCUT2D eigenvalue weighted by molar-refractivity contribution is 5.33. The van der Waals surface area contributed by atoms with Crippen LogP contribution in [0.5, 0.6) is 5.75 Å². The molecule has 0 unspecified atom stereocenters. The van der Waals surface area contributed by atoms with Crippen molar-refractivity contribution < 1.29 is 4.74 Å². The van der Waals surface area contributed by atoms with Crippen LogP contribution in [0.1, 0.15) is 83.6 Å². The zero-order valence-electron chi connectivity index (χ0n) is 14.2. The molecular weight excluding hydrogens is 256 g/mol. The largest absolute Gasteiger partial charge is 0.493 e. The Morgan fingerprint density at radius 3 is 2.05 bits per heavy atom. The maximum Gasteiger partial charge on any atom is 0.122 e. The van der Waals surface area contributed by atoms with Crippen molar-refractivity contribution in [2.24, 2.45) is 0 Å². The molecule has 1 heteroatoms. The number of hydrogen-bond acceptors (Lipinski definition) is 1. The van der Waals surface area contributed by atoms with E-state index in [1.165, 1.54) is 69.8 Å². The molecule has 1 rings (SSSR count). The second kappa shape index (κ2) is 12.7. The number of unbranched alkanes of at least 4 members (excludes halogenated alkanes) is 8. The molecule has 0 saturated heterocycles. The Balaban J connectivity index is 2.09. The van der Waals surface area contributed by atoms with Crippen molar-refractivity contribution in [1.82, 2.24) is 0 Å². The summed E-state index contributed by atoms with van der Waals surface area (Å²) in [6.07, 6.45) is 14.5. The molecule has 1 aromatic rings. The standard InChI is InChI=1S/C20H34O/c1-3-5-7-8-9-10-11-14-18-21-20-17-13-12-16-19(20)15-6-4-2/h12-13,16-17H,3-11,14-15,18H2,1-2H3. The van der Waals surface area contributed by atoms with Crippen LogP contribution in [-0.2, 0) is 6.42 Å². The minimum atomic E-state index is 0.873. The highest BCUT2D eigenvalue weighted by atomic mass is 16.5. The Kier molecular flexibility index (Phi) is 11.0. The first-order chi connectivity index (χ1) is 10.4. The van der Waals surface area contributed by atoms with Crippen molar-refractivity contribution in [3.63, 3.8) is 0 Å². The highest BCUT2D eigenvalue weighted by Gasteiger charge is 2.02.